The van der Waals surface area contributed by atoms with Crippen LogP contribution < -0.4 is 0 Å². The predicted octanol–water partition coefficient (Wildman–Crippen LogP) is 3.74. The minimum absolute atomic E-state index is 0. The van der Waals surface area contributed by atoms with Crippen LogP contribution in [0, 0.1) is 0 Å². The summed E-state index contributed by atoms with van der Waals surface area (Å²) in [7, 11) is 0. The zero-order valence-corrected chi connectivity index (χ0v) is 12.8. The summed E-state index contributed by atoms with van der Waals surface area (Å²) in [6.45, 7) is 2.22. The van der Waals surface area contributed by atoms with Crippen molar-refractivity contribution in [2.75, 3.05) is 0 Å². The Labute approximate surface area is 124 Å². The van der Waals surface area contributed by atoms with Gasteiger partial charge in [-0.25, -0.2) is 0 Å². The first-order chi connectivity index (χ1) is 7.18. The van der Waals surface area contributed by atoms with Crippen LogP contribution in [0.1, 0.15) is 67.6 Å². The molecule has 0 bridgehead atoms. The molecule has 2 nitrogen and oxygen atoms in total. The Morgan fingerprint density at radius 1 is 1.12 bits per heavy atom. The second-order valence-corrected chi connectivity index (χ2v) is 4.74. The van der Waals surface area contributed by atoms with Gasteiger partial charge in [-0.2, -0.15) is 12.6 Å². The molecule has 0 aliphatic heterocycles. The zero-order chi connectivity index (χ0) is 11.5. The minimum atomic E-state index is -0.790. The van der Waals surface area contributed by atoms with E-state index >= 15 is 0 Å². The van der Waals surface area contributed by atoms with Crippen molar-refractivity contribution < 1.29 is 12.8 Å². The Morgan fingerprint density at radius 2 is 1.56 bits per heavy atom. The summed E-state index contributed by atoms with van der Waals surface area (Å²) in [4.78, 5) is 10.5. The molecule has 0 radical (unpaired) electrons. The van der Waals surface area contributed by atoms with Crippen molar-refractivity contribution in [3.63, 3.8) is 0 Å². The molecule has 1 unspecified atom stereocenters. The Hall–Kier alpha value is 0.586. The minimum Gasteiger partial charge on any atom is -1.00 e. The summed E-state index contributed by atoms with van der Waals surface area (Å²) in [6.07, 6.45) is 10.7. The van der Waals surface area contributed by atoms with E-state index in [0.717, 1.165) is 12.8 Å². The van der Waals surface area contributed by atoms with Gasteiger partial charge in [-0.05, 0) is 6.42 Å². The van der Waals surface area contributed by atoms with E-state index in [-0.39, 0.29) is 25.9 Å². The second-order valence-electron chi connectivity index (χ2n) is 4.12. The summed E-state index contributed by atoms with van der Waals surface area (Å²) < 4.78 is 0. The summed E-state index contributed by atoms with van der Waals surface area (Å²) in [5.41, 5.74) is 0. The van der Waals surface area contributed by atoms with E-state index in [1.54, 1.807) is 0 Å². The summed E-state index contributed by atoms with van der Waals surface area (Å²) in [5.74, 6) is -0.790. The van der Waals surface area contributed by atoms with Crippen LogP contribution in [-0.4, -0.2) is 39.4 Å². The van der Waals surface area contributed by atoms with Crippen LogP contribution >= 0.6 is 12.6 Å². The summed E-state index contributed by atoms with van der Waals surface area (Å²) >= 11 is 4.00. The van der Waals surface area contributed by atoms with Gasteiger partial charge in [-0.1, -0.05) is 58.3 Å². The van der Waals surface area contributed by atoms with E-state index in [9.17, 15) is 4.79 Å². The van der Waals surface area contributed by atoms with Crippen molar-refractivity contribution in [1.82, 2.24) is 0 Å². The number of carboxylic acid groups (broad SMARTS) is 1. The van der Waals surface area contributed by atoms with Gasteiger partial charge in [0.15, 0.2) is 0 Å². The number of thiol groups is 1. The van der Waals surface area contributed by atoms with Crippen LogP contribution in [0.2, 0.25) is 0 Å². The maximum atomic E-state index is 10.5. The fourth-order valence-corrected chi connectivity index (χ4v) is 1.78. The van der Waals surface area contributed by atoms with Gasteiger partial charge in [-0.15, -0.1) is 0 Å². The molecule has 16 heavy (non-hydrogen) atoms. The molecule has 0 aromatic heterocycles. The van der Waals surface area contributed by atoms with Gasteiger partial charge in [0.1, 0.15) is 0 Å². The summed E-state index contributed by atoms with van der Waals surface area (Å²) in [5, 5.41) is 8.14. The molecule has 1 N–H and O–H groups in total. The normalized spacial score (nSPS) is 11.9. The average Bonchev–Trinajstić information content (AvgIpc) is 2.21. The van der Waals surface area contributed by atoms with E-state index < -0.39 is 11.2 Å². The summed E-state index contributed by atoms with van der Waals surface area (Å²) in [6, 6.07) is 0. The first kappa shape index (κ1) is 18.9. The van der Waals surface area contributed by atoms with Crippen molar-refractivity contribution in [3.8, 4) is 0 Å². The molecule has 0 aliphatic carbocycles. The molecule has 0 aromatic rings. The number of carbonyl (C=O) groups is 1. The Kier molecular flexibility index (Phi) is 16.2. The van der Waals surface area contributed by atoms with Crippen LogP contribution in [0.15, 0.2) is 0 Å². The standard InChI is InChI=1S/C12H24O2S.Mg.2H/c1-2-3-4-5-6-7-8-9-10-11(15)12(13)14;;;/h11,15H,2-10H2,1H3,(H,13,14);;;/q;+2;2*-1. The van der Waals surface area contributed by atoms with Gasteiger partial charge in [-0.3, -0.25) is 4.79 Å². The molecule has 0 spiro atoms. The van der Waals surface area contributed by atoms with Crippen LogP contribution in [0.3, 0.4) is 0 Å². The topological polar surface area (TPSA) is 37.3 Å². The number of carboxylic acids is 1. The maximum Gasteiger partial charge on any atom is 2.00 e. The van der Waals surface area contributed by atoms with Gasteiger partial charge in [0.2, 0.25) is 0 Å². The molecule has 0 aliphatic rings. The predicted molar refractivity (Wildman–Crippen MR) is 75.6 cm³/mol. The smallest absolute Gasteiger partial charge is 1.00 e. The molecule has 0 saturated carbocycles. The first-order valence-corrected chi connectivity index (χ1v) is 6.61. The monoisotopic (exact) mass is 258 g/mol. The van der Waals surface area contributed by atoms with E-state index in [0.29, 0.717) is 6.42 Å². The van der Waals surface area contributed by atoms with Crippen molar-refractivity contribution in [3.05, 3.63) is 0 Å². The van der Waals surface area contributed by atoms with Crippen molar-refractivity contribution in [2.45, 2.75) is 70.0 Å². The van der Waals surface area contributed by atoms with E-state index in [1.165, 1.54) is 38.5 Å². The molecule has 0 heterocycles. The number of hydrogen-bond donors (Lipinski definition) is 2. The van der Waals surface area contributed by atoms with Crippen LogP contribution in [0.5, 0.6) is 0 Å². The molecule has 0 fully saturated rings. The average molecular weight is 259 g/mol. The molecule has 1 atom stereocenters. The Bertz CT molecular complexity index is 174. The third-order valence-electron chi connectivity index (χ3n) is 2.62. The van der Waals surface area contributed by atoms with E-state index in [1.807, 2.05) is 0 Å². The SMILES string of the molecule is CCCCCCCCCCC(S)C(=O)O.[H-].[H-].[Mg+2]. The van der Waals surface area contributed by atoms with Gasteiger partial charge >= 0.3 is 29.0 Å². The Balaban J connectivity index is -0.000000327. The fourth-order valence-electron chi connectivity index (χ4n) is 1.60. The van der Waals surface area contributed by atoms with Gasteiger partial charge in [0.25, 0.3) is 0 Å². The molecule has 0 saturated heterocycles. The van der Waals surface area contributed by atoms with Crippen molar-refractivity contribution in [2.24, 2.45) is 0 Å². The van der Waals surface area contributed by atoms with Crippen LogP contribution in [0.4, 0.5) is 0 Å². The van der Waals surface area contributed by atoms with Gasteiger partial charge < -0.3 is 7.96 Å². The van der Waals surface area contributed by atoms with Crippen LogP contribution in [0.25, 0.3) is 0 Å². The van der Waals surface area contributed by atoms with E-state index in [4.69, 9.17) is 5.11 Å². The van der Waals surface area contributed by atoms with Crippen LogP contribution in [-0.2, 0) is 4.79 Å². The Morgan fingerprint density at radius 3 is 2.00 bits per heavy atom. The first-order valence-electron chi connectivity index (χ1n) is 6.09. The molecule has 4 heteroatoms. The van der Waals surface area contributed by atoms with Gasteiger partial charge in [0.05, 0.1) is 5.25 Å². The number of aliphatic carboxylic acids is 1. The number of hydrogen-bond acceptors (Lipinski definition) is 2. The maximum absolute atomic E-state index is 10.5. The third kappa shape index (κ3) is 12.7. The molecular weight excluding hydrogens is 233 g/mol. The van der Waals surface area contributed by atoms with E-state index in [2.05, 4.69) is 19.6 Å². The second kappa shape index (κ2) is 13.7. The zero-order valence-electron chi connectivity index (χ0n) is 12.5. The largest absolute Gasteiger partial charge is 2.00 e. The molecule has 0 amide bonds. The molecule has 0 aromatic carbocycles. The van der Waals surface area contributed by atoms with Crippen molar-refractivity contribution in [1.29, 1.82) is 0 Å². The van der Waals surface area contributed by atoms with Gasteiger partial charge in [0, 0.05) is 0 Å². The third-order valence-corrected chi connectivity index (χ3v) is 3.10. The van der Waals surface area contributed by atoms with Crippen molar-refractivity contribution >= 4 is 41.7 Å². The quantitative estimate of drug-likeness (QED) is 0.356. The molecule has 94 valence electrons. The number of rotatable bonds is 10. The number of unbranched alkanes of at least 4 members (excludes halogenated alkanes) is 7. The fraction of sp³-hybridized carbons (Fsp3) is 0.917. The molecule has 0 rings (SSSR count). The molecular formula is C12H26MgO2S.